The van der Waals surface area contributed by atoms with Crippen molar-refractivity contribution < 1.29 is 0 Å². The van der Waals surface area contributed by atoms with E-state index in [1.807, 2.05) is 0 Å². The topological polar surface area (TPSA) is 17.8 Å². The summed E-state index contributed by atoms with van der Waals surface area (Å²) in [5, 5.41) is 5.51. The monoisotopic (exact) mass is 292 g/mol. The van der Waals surface area contributed by atoms with Crippen molar-refractivity contribution in [1.29, 1.82) is 0 Å². The quantitative estimate of drug-likeness (QED) is 0.784. The van der Waals surface area contributed by atoms with Crippen molar-refractivity contribution in [3.05, 3.63) is 46.8 Å². The minimum Gasteiger partial charge on any atom is -0.237 e. The molecule has 0 aliphatic heterocycles. The van der Waals surface area contributed by atoms with Crippen molar-refractivity contribution in [3.8, 4) is 5.69 Å². The Balaban J connectivity index is 2.61. The van der Waals surface area contributed by atoms with Gasteiger partial charge in [0.05, 0.1) is 11.4 Å². The Morgan fingerprint density at radius 1 is 1.24 bits per heavy atom. The molecule has 0 saturated heterocycles. The third-order valence-electron chi connectivity index (χ3n) is 3.16. The number of halogens is 1. The highest BCUT2D eigenvalue weighted by Crippen LogP contribution is 2.22. The molecule has 0 bridgehead atoms. The van der Waals surface area contributed by atoms with E-state index in [1.165, 1.54) is 22.5 Å². The molecule has 1 aromatic carbocycles. The van der Waals surface area contributed by atoms with E-state index in [9.17, 15) is 0 Å². The van der Waals surface area contributed by atoms with E-state index in [2.05, 4.69) is 70.7 Å². The van der Waals surface area contributed by atoms with Crippen LogP contribution in [-0.2, 0) is 11.8 Å². The molecule has 0 saturated carbocycles. The number of hydrogen-bond acceptors (Lipinski definition) is 1. The lowest BCUT2D eigenvalue weighted by molar-refractivity contribution is 0.826. The molecule has 2 nitrogen and oxygen atoms in total. The van der Waals surface area contributed by atoms with Crippen LogP contribution in [0.1, 0.15) is 29.4 Å². The predicted octanol–water partition coefficient (Wildman–Crippen LogP) is 3.95. The SMILES string of the molecule is CCc1c(C)nn(-c2ccccc2CBr)c1C. The molecule has 3 heteroatoms. The van der Waals surface area contributed by atoms with Crippen LogP contribution >= 0.6 is 15.9 Å². The first-order valence-corrected chi connectivity index (χ1v) is 7.00. The van der Waals surface area contributed by atoms with Gasteiger partial charge in [0.2, 0.25) is 0 Å². The number of para-hydroxylation sites is 1. The van der Waals surface area contributed by atoms with Crippen LogP contribution in [0, 0.1) is 13.8 Å². The van der Waals surface area contributed by atoms with Crippen molar-refractivity contribution in [3.63, 3.8) is 0 Å². The Morgan fingerprint density at radius 2 is 1.94 bits per heavy atom. The Kier molecular flexibility index (Phi) is 3.67. The van der Waals surface area contributed by atoms with Gasteiger partial charge in [-0.15, -0.1) is 0 Å². The van der Waals surface area contributed by atoms with Crippen molar-refractivity contribution in [2.75, 3.05) is 0 Å². The van der Waals surface area contributed by atoms with Crippen molar-refractivity contribution in [2.45, 2.75) is 32.5 Å². The van der Waals surface area contributed by atoms with Gasteiger partial charge in [-0.25, -0.2) is 4.68 Å². The molecule has 1 heterocycles. The lowest BCUT2D eigenvalue weighted by atomic mass is 10.1. The second-order valence-electron chi connectivity index (χ2n) is 4.18. The van der Waals surface area contributed by atoms with E-state index in [0.717, 1.165) is 17.4 Å². The Hall–Kier alpha value is -1.09. The fraction of sp³-hybridized carbons (Fsp3) is 0.357. The first kappa shape index (κ1) is 12.4. The largest absolute Gasteiger partial charge is 0.237 e. The summed E-state index contributed by atoms with van der Waals surface area (Å²) < 4.78 is 2.06. The number of hydrogen-bond donors (Lipinski definition) is 0. The van der Waals surface area contributed by atoms with Crippen LogP contribution in [0.2, 0.25) is 0 Å². The van der Waals surface area contributed by atoms with Crippen molar-refractivity contribution in [1.82, 2.24) is 9.78 Å². The third kappa shape index (κ3) is 2.16. The third-order valence-corrected chi connectivity index (χ3v) is 3.76. The fourth-order valence-electron chi connectivity index (χ4n) is 2.25. The Morgan fingerprint density at radius 3 is 2.53 bits per heavy atom. The van der Waals surface area contributed by atoms with Gasteiger partial charge < -0.3 is 0 Å². The molecule has 1 aromatic heterocycles. The Labute approximate surface area is 111 Å². The summed E-state index contributed by atoms with van der Waals surface area (Å²) in [6.07, 6.45) is 1.04. The average Bonchev–Trinajstić information content (AvgIpc) is 2.64. The number of benzene rings is 1. The van der Waals surface area contributed by atoms with E-state index < -0.39 is 0 Å². The molecule has 0 N–H and O–H groups in total. The summed E-state index contributed by atoms with van der Waals surface area (Å²) in [5.41, 5.74) is 6.17. The highest BCUT2D eigenvalue weighted by atomic mass is 79.9. The maximum absolute atomic E-state index is 4.66. The molecule has 2 rings (SSSR count). The Bertz CT molecular complexity index is 529. The first-order chi connectivity index (χ1) is 8.19. The standard InChI is InChI=1S/C14H17BrN2/c1-4-13-10(2)16-17(11(13)3)14-8-6-5-7-12(14)9-15/h5-8H,4,9H2,1-3H3. The summed E-state index contributed by atoms with van der Waals surface area (Å²) in [4.78, 5) is 0. The van der Waals surface area contributed by atoms with Gasteiger partial charge >= 0.3 is 0 Å². The number of nitrogens with zero attached hydrogens (tertiary/aromatic N) is 2. The van der Waals surface area contributed by atoms with Gasteiger partial charge in [-0.1, -0.05) is 41.1 Å². The predicted molar refractivity (Wildman–Crippen MR) is 75.0 cm³/mol. The van der Waals surface area contributed by atoms with E-state index in [0.29, 0.717) is 0 Å². The number of rotatable bonds is 3. The van der Waals surface area contributed by atoms with E-state index in [4.69, 9.17) is 0 Å². The van der Waals surface area contributed by atoms with Gasteiger partial charge in [0.1, 0.15) is 0 Å². The van der Waals surface area contributed by atoms with Crippen LogP contribution < -0.4 is 0 Å². The van der Waals surface area contributed by atoms with Crippen LogP contribution in [0.5, 0.6) is 0 Å². The summed E-state index contributed by atoms with van der Waals surface area (Å²) in [6, 6.07) is 8.37. The number of aryl methyl sites for hydroxylation is 1. The van der Waals surface area contributed by atoms with Gasteiger partial charge in [0.15, 0.2) is 0 Å². The molecule has 0 unspecified atom stereocenters. The second kappa shape index (κ2) is 5.05. The molecule has 0 spiro atoms. The van der Waals surface area contributed by atoms with Crippen LogP contribution in [-0.4, -0.2) is 9.78 Å². The van der Waals surface area contributed by atoms with Crippen LogP contribution in [0.15, 0.2) is 24.3 Å². The molecule has 0 amide bonds. The normalized spacial score (nSPS) is 10.8. The van der Waals surface area contributed by atoms with Gasteiger partial charge in [-0.2, -0.15) is 5.10 Å². The van der Waals surface area contributed by atoms with Gasteiger partial charge in [0.25, 0.3) is 0 Å². The molecule has 0 radical (unpaired) electrons. The highest BCUT2D eigenvalue weighted by molar-refractivity contribution is 9.08. The zero-order valence-electron chi connectivity index (χ0n) is 10.5. The van der Waals surface area contributed by atoms with Crippen LogP contribution in [0.25, 0.3) is 5.69 Å². The van der Waals surface area contributed by atoms with Gasteiger partial charge in [0, 0.05) is 11.0 Å². The molecular formula is C14H17BrN2. The van der Waals surface area contributed by atoms with Crippen molar-refractivity contribution in [2.24, 2.45) is 0 Å². The maximum atomic E-state index is 4.66. The van der Waals surface area contributed by atoms with Crippen LogP contribution in [0.4, 0.5) is 0 Å². The van der Waals surface area contributed by atoms with Gasteiger partial charge in [-0.3, -0.25) is 0 Å². The van der Waals surface area contributed by atoms with E-state index in [-0.39, 0.29) is 0 Å². The molecule has 0 aliphatic rings. The average molecular weight is 293 g/mol. The zero-order valence-corrected chi connectivity index (χ0v) is 12.1. The minimum absolute atomic E-state index is 0.850. The molecule has 17 heavy (non-hydrogen) atoms. The number of aromatic nitrogens is 2. The summed E-state index contributed by atoms with van der Waals surface area (Å²) in [6.45, 7) is 6.40. The lowest BCUT2D eigenvalue weighted by Gasteiger charge is -2.09. The zero-order chi connectivity index (χ0) is 12.4. The first-order valence-electron chi connectivity index (χ1n) is 5.88. The number of alkyl halides is 1. The fourth-order valence-corrected chi connectivity index (χ4v) is 2.73. The maximum Gasteiger partial charge on any atom is 0.0689 e. The highest BCUT2D eigenvalue weighted by Gasteiger charge is 2.12. The molecule has 0 fully saturated rings. The minimum atomic E-state index is 0.850. The lowest BCUT2D eigenvalue weighted by Crippen LogP contribution is -2.02. The van der Waals surface area contributed by atoms with Crippen LogP contribution in [0.3, 0.4) is 0 Å². The summed E-state index contributed by atoms with van der Waals surface area (Å²) >= 11 is 3.53. The van der Waals surface area contributed by atoms with E-state index in [1.54, 1.807) is 0 Å². The molecule has 2 aromatic rings. The summed E-state index contributed by atoms with van der Waals surface area (Å²) in [7, 11) is 0. The van der Waals surface area contributed by atoms with E-state index >= 15 is 0 Å². The second-order valence-corrected chi connectivity index (χ2v) is 4.74. The molecule has 0 atom stereocenters. The summed E-state index contributed by atoms with van der Waals surface area (Å²) in [5.74, 6) is 0. The molecule has 0 aliphatic carbocycles. The molecule has 90 valence electrons. The van der Waals surface area contributed by atoms with Gasteiger partial charge in [-0.05, 0) is 37.5 Å². The van der Waals surface area contributed by atoms with Crippen molar-refractivity contribution >= 4 is 15.9 Å². The molecular weight excluding hydrogens is 276 g/mol. The smallest absolute Gasteiger partial charge is 0.0689 e.